The Bertz CT molecular complexity index is 985. The summed E-state index contributed by atoms with van der Waals surface area (Å²) in [5.41, 5.74) is 1.67. The number of hydrogen-bond acceptors (Lipinski definition) is 3. The Hall–Kier alpha value is -3.20. The van der Waals surface area contributed by atoms with Gasteiger partial charge in [0.05, 0.1) is 5.76 Å². The van der Waals surface area contributed by atoms with Crippen LogP contribution in [-0.4, -0.2) is 10.2 Å². The molecule has 1 aliphatic rings. The third-order valence-electron chi connectivity index (χ3n) is 4.17. The summed E-state index contributed by atoms with van der Waals surface area (Å²) in [5.74, 6) is 1.90. The van der Waals surface area contributed by atoms with E-state index in [1.54, 1.807) is 24.3 Å². The summed E-state index contributed by atoms with van der Waals surface area (Å²) in [6, 6.07) is 5.03. The van der Waals surface area contributed by atoms with Crippen LogP contribution in [-0.2, 0) is 4.74 Å². The topological polar surface area (TPSA) is 49.7 Å². The summed E-state index contributed by atoms with van der Waals surface area (Å²) in [5, 5.41) is 21.2. The maximum absolute atomic E-state index is 10.0. The van der Waals surface area contributed by atoms with Gasteiger partial charge < -0.3 is 14.9 Å². The Kier molecular flexibility index (Phi) is 6.67. The number of aliphatic hydroxyl groups is 1. The molecule has 2 rings (SSSR count). The van der Waals surface area contributed by atoms with E-state index in [4.69, 9.17) is 4.74 Å². The molecule has 2 N–H and O–H groups in total. The van der Waals surface area contributed by atoms with Gasteiger partial charge in [0.1, 0.15) is 17.3 Å². The van der Waals surface area contributed by atoms with Crippen molar-refractivity contribution in [3.8, 4) is 5.75 Å². The number of phenolic OH excluding ortho intramolecular Hbond substituents is 1. The van der Waals surface area contributed by atoms with Crippen LogP contribution in [0.1, 0.15) is 20.8 Å². The Morgan fingerprint density at radius 3 is 2.44 bits per heavy atom. The average Bonchev–Trinajstić information content (AvgIpc) is 2.74. The van der Waals surface area contributed by atoms with Gasteiger partial charge in [0.25, 0.3) is 0 Å². The zero-order valence-corrected chi connectivity index (χ0v) is 16.1. The zero-order valence-electron chi connectivity index (χ0n) is 16.1. The van der Waals surface area contributed by atoms with Gasteiger partial charge in [0.15, 0.2) is 0 Å². The van der Waals surface area contributed by atoms with Gasteiger partial charge in [-0.05, 0) is 65.8 Å². The molecule has 3 heteroatoms. The van der Waals surface area contributed by atoms with Gasteiger partial charge in [-0.15, -0.1) is 0 Å². The van der Waals surface area contributed by atoms with E-state index in [-0.39, 0.29) is 11.7 Å². The minimum absolute atomic E-state index is 0.0231. The Morgan fingerprint density at radius 1 is 1.07 bits per heavy atom. The van der Waals surface area contributed by atoms with Crippen molar-refractivity contribution in [2.75, 3.05) is 0 Å². The Labute approximate surface area is 160 Å². The molecule has 1 unspecified atom stereocenters. The molecule has 0 aliphatic heterocycles. The van der Waals surface area contributed by atoms with Crippen molar-refractivity contribution < 1.29 is 14.9 Å². The Balaban J connectivity index is 2.17. The second kappa shape index (κ2) is 8.95. The molecule has 1 aliphatic carbocycles. The van der Waals surface area contributed by atoms with Crippen molar-refractivity contribution in [1.29, 1.82) is 0 Å². The van der Waals surface area contributed by atoms with Crippen molar-refractivity contribution in [1.82, 2.24) is 0 Å². The lowest BCUT2D eigenvalue weighted by molar-refractivity contribution is 0.310. The van der Waals surface area contributed by atoms with Gasteiger partial charge in [0, 0.05) is 5.92 Å². The maximum atomic E-state index is 10.0. The molecule has 1 aromatic rings. The van der Waals surface area contributed by atoms with Crippen molar-refractivity contribution in [3.63, 3.8) is 0 Å². The van der Waals surface area contributed by atoms with Crippen LogP contribution in [0.2, 0.25) is 0 Å². The first-order valence-electron chi connectivity index (χ1n) is 8.77. The van der Waals surface area contributed by atoms with Crippen molar-refractivity contribution >= 4 is 12.7 Å². The first-order valence-corrected chi connectivity index (χ1v) is 8.77. The van der Waals surface area contributed by atoms with E-state index in [2.05, 4.69) is 13.2 Å². The van der Waals surface area contributed by atoms with Gasteiger partial charge in [-0.2, -0.15) is 0 Å². The molecular weight excluding hydrogens is 336 g/mol. The van der Waals surface area contributed by atoms with Crippen LogP contribution in [0.5, 0.6) is 5.75 Å². The van der Waals surface area contributed by atoms with Crippen LogP contribution in [0.3, 0.4) is 0 Å². The molecule has 27 heavy (non-hydrogen) atoms. The smallest absolute Gasteiger partial charge is 0.116 e. The summed E-state index contributed by atoms with van der Waals surface area (Å²) >= 11 is 0. The summed E-state index contributed by atoms with van der Waals surface area (Å²) in [7, 11) is 0. The maximum Gasteiger partial charge on any atom is 0.116 e. The molecule has 0 aromatic heterocycles. The fourth-order valence-corrected chi connectivity index (χ4v) is 2.47. The molecule has 3 nitrogen and oxygen atoms in total. The molecule has 0 amide bonds. The van der Waals surface area contributed by atoms with E-state index in [0.29, 0.717) is 17.3 Å². The number of phenols is 1. The van der Waals surface area contributed by atoms with Crippen molar-refractivity contribution in [3.05, 3.63) is 100 Å². The van der Waals surface area contributed by atoms with Gasteiger partial charge >= 0.3 is 0 Å². The van der Waals surface area contributed by atoms with Crippen molar-refractivity contribution in [2.45, 2.75) is 20.8 Å². The molecule has 0 spiro atoms. The van der Waals surface area contributed by atoms with E-state index >= 15 is 0 Å². The summed E-state index contributed by atoms with van der Waals surface area (Å²) in [6.07, 6.45) is 12.9. The van der Waals surface area contributed by atoms with E-state index < -0.39 is 0 Å². The van der Waals surface area contributed by atoms with E-state index in [9.17, 15) is 10.2 Å². The predicted octanol–water partition coefficient (Wildman–Crippen LogP) is 4.54. The number of aromatic hydroxyl groups is 1. The number of rotatable bonds is 4. The van der Waals surface area contributed by atoms with E-state index in [1.807, 2.05) is 57.2 Å². The highest BCUT2D eigenvalue weighted by Crippen LogP contribution is 2.22. The first-order chi connectivity index (χ1) is 12.8. The highest BCUT2D eigenvalue weighted by molar-refractivity contribution is 5.49. The number of benzene rings is 1. The predicted molar refractivity (Wildman–Crippen MR) is 112 cm³/mol. The minimum Gasteiger partial charge on any atom is -0.512 e. The summed E-state index contributed by atoms with van der Waals surface area (Å²) in [6.45, 7) is 13.6. The third-order valence-corrected chi connectivity index (χ3v) is 4.17. The normalized spacial score (nSPS) is 20.6. The molecule has 0 fully saturated rings. The summed E-state index contributed by atoms with van der Waals surface area (Å²) in [4.78, 5) is 0. The van der Waals surface area contributed by atoms with E-state index in [0.717, 1.165) is 21.6 Å². The lowest BCUT2D eigenvalue weighted by Gasteiger charge is -2.05. The van der Waals surface area contributed by atoms with Crippen LogP contribution < -0.4 is 10.4 Å². The fourth-order valence-electron chi connectivity index (χ4n) is 2.47. The highest BCUT2D eigenvalue weighted by atomic mass is 16.5. The van der Waals surface area contributed by atoms with Crippen molar-refractivity contribution in [2.24, 2.45) is 5.92 Å². The molecule has 1 aromatic carbocycles. The van der Waals surface area contributed by atoms with Gasteiger partial charge in [-0.1, -0.05) is 50.5 Å². The number of allylic oxidation sites excluding steroid dienone is 10. The SMILES string of the molecule is C=C1C=CC(C)C(O)=C/C1=C/C=C(\C)O/C(C)=C/C=c1/cc(O)ccc1=C. The van der Waals surface area contributed by atoms with Crippen LogP contribution in [0.4, 0.5) is 0 Å². The zero-order chi connectivity index (χ0) is 20.0. The fraction of sp³-hybridized carbons (Fsp3) is 0.167. The molecule has 0 saturated heterocycles. The number of hydrogen-bond donors (Lipinski definition) is 2. The molecule has 0 bridgehead atoms. The van der Waals surface area contributed by atoms with Crippen LogP contribution in [0.15, 0.2) is 89.7 Å². The largest absolute Gasteiger partial charge is 0.512 e. The second-order valence-corrected chi connectivity index (χ2v) is 6.57. The minimum atomic E-state index is -0.0231. The van der Waals surface area contributed by atoms with Crippen LogP contribution in [0, 0.1) is 5.92 Å². The molecule has 0 saturated carbocycles. The lowest BCUT2D eigenvalue weighted by Crippen LogP contribution is -2.21. The van der Waals surface area contributed by atoms with Gasteiger partial charge in [0.2, 0.25) is 0 Å². The second-order valence-electron chi connectivity index (χ2n) is 6.57. The molecular formula is C24H26O3. The van der Waals surface area contributed by atoms with Gasteiger partial charge in [-0.3, -0.25) is 0 Å². The third kappa shape index (κ3) is 5.93. The standard InChI is InChI=1S/C24H26O3/c1-16-6-7-18(3)24(26)15-22(16)12-10-20(5)27-19(4)9-11-21-14-23(25)13-8-17(21)2/h6-15,18,25-26H,1-2H2,3-5H3/b19-9+,20-10+,21-11-,22-12-. The van der Waals surface area contributed by atoms with Crippen LogP contribution >= 0.6 is 0 Å². The van der Waals surface area contributed by atoms with E-state index in [1.165, 1.54) is 0 Å². The molecule has 0 radical (unpaired) electrons. The Morgan fingerprint density at radius 2 is 1.74 bits per heavy atom. The average molecular weight is 362 g/mol. The molecule has 0 heterocycles. The highest BCUT2D eigenvalue weighted by Gasteiger charge is 2.09. The molecule has 1 atom stereocenters. The number of ether oxygens (including phenoxy) is 1. The molecule has 140 valence electrons. The first kappa shape index (κ1) is 20.1. The number of aliphatic hydroxyl groups excluding tert-OH is 1. The quantitative estimate of drug-likeness (QED) is 0.773. The summed E-state index contributed by atoms with van der Waals surface area (Å²) < 4.78 is 5.78. The van der Waals surface area contributed by atoms with Crippen LogP contribution in [0.25, 0.3) is 12.7 Å². The monoisotopic (exact) mass is 362 g/mol. The van der Waals surface area contributed by atoms with Gasteiger partial charge in [-0.25, -0.2) is 0 Å². The lowest BCUT2D eigenvalue weighted by atomic mass is 10.1.